The van der Waals surface area contributed by atoms with Crippen LogP contribution in [0, 0.1) is 5.92 Å². The van der Waals surface area contributed by atoms with Crippen LogP contribution in [0.1, 0.15) is 20.8 Å². The smallest absolute Gasteiger partial charge is 0.434 e. The van der Waals surface area contributed by atoms with Crippen molar-refractivity contribution in [2.45, 2.75) is 20.8 Å². The summed E-state index contributed by atoms with van der Waals surface area (Å²) in [7, 11) is 0. The molecule has 0 N–H and O–H groups in total. The molecule has 0 amide bonds. The quantitative estimate of drug-likeness (QED) is 0.473. The van der Waals surface area contributed by atoms with Gasteiger partial charge in [0.15, 0.2) is 0 Å². The van der Waals surface area contributed by atoms with E-state index in [-0.39, 0.29) is 6.61 Å². The van der Waals surface area contributed by atoms with Crippen molar-refractivity contribution in [3.63, 3.8) is 0 Å². The lowest BCUT2D eigenvalue weighted by molar-refractivity contribution is 0.0244. The van der Waals surface area contributed by atoms with Crippen LogP contribution in [0.15, 0.2) is 0 Å². The Kier molecular flexibility index (Phi) is 7.39. The van der Waals surface area contributed by atoms with Gasteiger partial charge in [0.2, 0.25) is 0 Å². The highest BCUT2D eigenvalue weighted by molar-refractivity contribution is 5.59. The molecule has 0 aliphatic heterocycles. The van der Waals surface area contributed by atoms with Crippen molar-refractivity contribution in [2.24, 2.45) is 5.92 Å². The van der Waals surface area contributed by atoms with Gasteiger partial charge >= 0.3 is 6.16 Å². The van der Waals surface area contributed by atoms with Crippen molar-refractivity contribution in [3.8, 4) is 0 Å². The number of ether oxygens (including phenoxy) is 3. The summed E-state index contributed by atoms with van der Waals surface area (Å²) in [4.78, 5) is 10.8. The Hall–Kier alpha value is -0.770. The zero-order chi connectivity index (χ0) is 10.1. The first-order valence-electron chi connectivity index (χ1n) is 4.54. The average molecular weight is 190 g/mol. The van der Waals surface area contributed by atoms with E-state index in [0.29, 0.717) is 25.7 Å². The molecule has 0 aromatic rings. The molecule has 0 aliphatic carbocycles. The fourth-order valence-electron chi connectivity index (χ4n) is 0.605. The Morgan fingerprint density at radius 1 is 1.23 bits per heavy atom. The fourth-order valence-corrected chi connectivity index (χ4v) is 0.605. The average Bonchev–Trinajstić information content (AvgIpc) is 2.09. The fraction of sp³-hybridized carbons (Fsp3) is 0.889. The molecule has 0 aliphatic rings. The Bertz CT molecular complexity index is 134. The van der Waals surface area contributed by atoms with E-state index in [9.17, 15) is 4.79 Å². The van der Waals surface area contributed by atoms with Gasteiger partial charge in [-0.15, -0.1) is 0 Å². The first kappa shape index (κ1) is 12.2. The molecule has 0 bridgehead atoms. The topological polar surface area (TPSA) is 44.8 Å². The Morgan fingerprint density at radius 2 is 1.92 bits per heavy atom. The Morgan fingerprint density at radius 3 is 2.46 bits per heavy atom. The van der Waals surface area contributed by atoms with Gasteiger partial charge in [-0.05, 0) is 12.8 Å². The molecule has 0 aromatic heterocycles. The second-order valence-corrected chi connectivity index (χ2v) is 3.00. The maximum absolute atomic E-state index is 10.8. The molecule has 0 spiro atoms. The molecule has 0 aromatic carbocycles. The Balaban J connectivity index is 3.20. The zero-order valence-electron chi connectivity index (χ0n) is 8.54. The lowest BCUT2D eigenvalue weighted by Gasteiger charge is -2.07. The molecule has 0 rings (SSSR count). The van der Waals surface area contributed by atoms with Crippen molar-refractivity contribution < 1.29 is 19.0 Å². The summed E-state index contributed by atoms with van der Waals surface area (Å²) in [6.45, 7) is 7.52. The minimum absolute atomic E-state index is 0.255. The lowest BCUT2D eigenvalue weighted by Crippen LogP contribution is -2.14. The van der Waals surface area contributed by atoms with Gasteiger partial charge in [-0.1, -0.05) is 13.8 Å². The maximum Gasteiger partial charge on any atom is 0.508 e. The summed E-state index contributed by atoms with van der Waals surface area (Å²) in [6, 6.07) is 0. The van der Waals surface area contributed by atoms with E-state index in [0.717, 1.165) is 0 Å². The van der Waals surface area contributed by atoms with E-state index in [1.54, 1.807) is 0 Å². The van der Waals surface area contributed by atoms with Crippen LogP contribution in [-0.4, -0.2) is 32.6 Å². The van der Waals surface area contributed by atoms with Gasteiger partial charge in [0.25, 0.3) is 0 Å². The predicted molar refractivity (Wildman–Crippen MR) is 48.6 cm³/mol. The molecule has 0 saturated heterocycles. The number of carbonyl (C=O) groups is 1. The van der Waals surface area contributed by atoms with Crippen molar-refractivity contribution >= 4 is 6.16 Å². The van der Waals surface area contributed by atoms with Gasteiger partial charge in [-0.2, -0.15) is 0 Å². The van der Waals surface area contributed by atoms with Crippen LogP contribution in [0.25, 0.3) is 0 Å². The number of hydrogen-bond acceptors (Lipinski definition) is 4. The first-order valence-corrected chi connectivity index (χ1v) is 4.54. The van der Waals surface area contributed by atoms with Crippen molar-refractivity contribution in [1.82, 2.24) is 0 Å². The molecule has 0 unspecified atom stereocenters. The monoisotopic (exact) mass is 190 g/mol. The predicted octanol–water partition coefficient (Wildman–Crippen LogP) is 1.83. The molecule has 4 heteroatoms. The van der Waals surface area contributed by atoms with Gasteiger partial charge < -0.3 is 14.2 Å². The third-order valence-corrected chi connectivity index (χ3v) is 1.19. The molecule has 0 saturated carbocycles. The third-order valence-electron chi connectivity index (χ3n) is 1.19. The normalized spacial score (nSPS) is 10.2. The molecular formula is C9H18O4. The van der Waals surface area contributed by atoms with Gasteiger partial charge in [0, 0.05) is 6.61 Å². The third kappa shape index (κ3) is 9.14. The van der Waals surface area contributed by atoms with Crippen LogP contribution in [0.5, 0.6) is 0 Å². The van der Waals surface area contributed by atoms with Gasteiger partial charge in [-0.25, -0.2) is 4.79 Å². The standard InChI is InChI=1S/C9H18O4/c1-4-11-5-6-12-9(10)13-7-8(2)3/h8H,4-7H2,1-3H3. The van der Waals surface area contributed by atoms with Crippen molar-refractivity contribution in [2.75, 3.05) is 26.4 Å². The van der Waals surface area contributed by atoms with E-state index < -0.39 is 6.16 Å². The molecule has 0 fully saturated rings. The van der Waals surface area contributed by atoms with E-state index in [4.69, 9.17) is 14.2 Å². The highest BCUT2D eigenvalue weighted by atomic mass is 16.7. The van der Waals surface area contributed by atoms with Crippen LogP contribution in [0.4, 0.5) is 4.79 Å². The van der Waals surface area contributed by atoms with Gasteiger partial charge in [0.1, 0.15) is 6.61 Å². The number of hydrogen-bond donors (Lipinski definition) is 0. The second kappa shape index (κ2) is 7.86. The van der Waals surface area contributed by atoms with E-state index in [1.807, 2.05) is 20.8 Å². The van der Waals surface area contributed by atoms with Crippen LogP contribution in [0.2, 0.25) is 0 Å². The maximum atomic E-state index is 10.8. The highest BCUT2D eigenvalue weighted by Gasteiger charge is 2.04. The van der Waals surface area contributed by atoms with Crippen LogP contribution in [-0.2, 0) is 14.2 Å². The number of carbonyl (C=O) groups excluding carboxylic acids is 1. The highest BCUT2D eigenvalue weighted by Crippen LogP contribution is 1.94. The molecule has 13 heavy (non-hydrogen) atoms. The van der Waals surface area contributed by atoms with E-state index >= 15 is 0 Å². The molecule has 4 nitrogen and oxygen atoms in total. The van der Waals surface area contributed by atoms with Crippen LogP contribution in [0.3, 0.4) is 0 Å². The van der Waals surface area contributed by atoms with Crippen LogP contribution >= 0.6 is 0 Å². The molecular weight excluding hydrogens is 172 g/mol. The summed E-state index contributed by atoms with van der Waals surface area (Å²) in [6.07, 6.45) is -0.617. The molecule has 0 atom stereocenters. The van der Waals surface area contributed by atoms with Crippen LogP contribution < -0.4 is 0 Å². The first-order chi connectivity index (χ1) is 6.16. The summed E-state index contributed by atoms with van der Waals surface area (Å²) >= 11 is 0. The van der Waals surface area contributed by atoms with Gasteiger partial charge in [-0.3, -0.25) is 0 Å². The minimum Gasteiger partial charge on any atom is -0.434 e. The summed E-state index contributed by atoms with van der Waals surface area (Å²) in [5.74, 6) is 0.333. The van der Waals surface area contributed by atoms with Crippen molar-refractivity contribution in [1.29, 1.82) is 0 Å². The summed E-state index contributed by atoms with van der Waals surface area (Å²) in [5.41, 5.74) is 0. The SMILES string of the molecule is CCOCCOC(=O)OCC(C)C. The second-order valence-electron chi connectivity index (χ2n) is 3.00. The molecule has 0 radical (unpaired) electrons. The molecule has 78 valence electrons. The molecule has 0 heterocycles. The summed E-state index contributed by atoms with van der Waals surface area (Å²) in [5, 5.41) is 0. The van der Waals surface area contributed by atoms with Gasteiger partial charge in [0.05, 0.1) is 13.2 Å². The van der Waals surface area contributed by atoms with E-state index in [1.165, 1.54) is 0 Å². The largest absolute Gasteiger partial charge is 0.508 e. The summed E-state index contributed by atoms with van der Waals surface area (Å²) < 4.78 is 14.5. The van der Waals surface area contributed by atoms with Crippen molar-refractivity contribution in [3.05, 3.63) is 0 Å². The minimum atomic E-state index is -0.617. The van der Waals surface area contributed by atoms with E-state index in [2.05, 4.69) is 0 Å². The number of rotatable bonds is 6. The zero-order valence-corrected chi connectivity index (χ0v) is 8.54. The lowest BCUT2D eigenvalue weighted by atomic mass is 10.2. The Labute approximate surface area is 79.2 Å².